The Kier molecular flexibility index (Phi) is 5.70. The van der Waals surface area contributed by atoms with Crippen molar-refractivity contribution in [3.63, 3.8) is 0 Å². The molecular weight excluding hydrogens is 340 g/mol. The van der Waals surface area contributed by atoms with E-state index in [1.807, 2.05) is 0 Å². The zero-order valence-corrected chi connectivity index (χ0v) is 13.3. The SMILES string of the molecule is CC(ON=C(N)c1cccc(Cl)c1)C(=O)Nc1ccc(F)c(F)c1. The number of nitrogens with one attached hydrogen (secondary N) is 1. The van der Waals surface area contributed by atoms with E-state index in [1.54, 1.807) is 24.3 Å². The first-order valence-corrected chi connectivity index (χ1v) is 7.26. The van der Waals surface area contributed by atoms with E-state index in [-0.39, 0.29) is 11.5 Å². The van der Waals surface area contributed by atoms with Crippen LogP contribution in [0.4, 0.5) is 14.5 Å². The number of anilines is 1. The van der Waals surface area contributed by atoms with Gasteiger partial charge in [0.25, 0.3) is 5.91 Å². The fraction of sp³-hybridized carbons (Fsp3) is 0.125. The van der Waals surface area contributed by atoms with Gasteiger partial charge in [0.15, 0.2) is 17.5 Å². The van der Waals surface area contributed by atoms with E-state index >= 15 is 0 Å². The molecular formula is C16H14ClF2N3O2. The minimum absolute atomic E-state index is 0.0463. The van der Waals surface area contributed by atoms with Crippen molar-refractivity contribution in [1.29, 1.82) is 0 Å². The molecule has 0 aromatic heterocycles. The Labute approximate surface area is 142 Å². The molecule has 3 N–H and O–H groups in total. The van der Waals surface area contributed by atoms with Gasteiger partial charge in [0.2, 0.25) is 6.10 Å². The highest BCUT2D eigenvalue weighted by atomic mass is 35.5. The van der Waals surface area contributed by atoms with Crippen LogP contribution in [0.1, 0.15) is 12.5 Å². The number of carbonyl (C=O) groups excluding carboxylic acids is 1. The second-order valence-electron chi connectivity index (χ2n) is 4.85. The number of nitrogens with zero attached hydrogens (tertiary/aromatic N) is 1. The summed E-state index contributed by atoms with van der Waals surface area (Å²) in [5, 5.41) is 6.53. The fourth-order valence-electron chi connectivity index (χ4n) is 1.70. The molecule has 0 saturated carbocycles. The molecule has 5 nitrogen and oxygen atoms in total. The minimum Gasteiger partial charge on any atom is -0.381 e. The Bertz CT molecular complexity index is 784. The molecule has 0 aliphatic rings. The topological polar surface area (TPSA) is 76.7 Å². The summed E-state index contributed by atoms with van der Waals surface area (Å²) in [7, 11) is 0. The van der Waals surface area contributed by atoms with Crippen LogP contribution in [0, 0.1) is 11.6 Å². The molecule has 1 atom stereocenters. The number of amides is 1. The van der Waals surface area contributed by atoms with E-state index in [0.29, 0.717) is 10.6 Å². The third kappa shape index (κ3) is 4.66. The number of hydrogen-bond acceptors (Lipinski definition) is 3. The van der Waals surface area contributed by atoms with Gasteiger partial charge in [-0.25, -0.2) is 8.78 Å². The number of carbonyl (C=O) groups is 1. The predicted octanol–water partition coefficient (Wildman–Crippen LogP) is 3.28. The van der Waals surface area contributed by atoms with Gasteiger partial charge in [0.05, 0.1) is 0 Å². The summed E-state index contributed by atoms with van der Waals surface area (Å²) in [6.45, 7) is 1.43. The van der Waals surface area contributed by atoms with Crippen LogP contribution in [-0.2, 0) is 9.63 Å². The predicted molar refractivity (Wildman–Crippen MR) is 87.7 cm³/mol. The highest BCUT2D eigenvalue weighted by molar-refractivity contribution is 6.31. The van der Waals surface area contributed by atoms with Crippen LogP contribution >= 0.6 is 11.6 Å². The van der Waals surface area contributed by atoms with Gasteiger partial charge in [0.1, 0.15) is 0 Å². The molecule has 0 aliphatic heterocycles. The van der Waals surface area contributed by atoms with Crippen molar-refractivity contribution in [3.05, 3.63) is 64.7 Å². The van der Waals surface area contributed by atoms with Crippen LogP contribution in [-0.4, -0.2) is 17.8 Å². The molecule has 2 rings (SSSR count). The van der Waals surface area contributed by atoms with Gasteiger partial charge >= 0.3 is 0 Å². The Morgan fingerprint density at radius 2 is 2.00 bits per heavy atom. The van der Waals surface area contributed by atoms with Gasteiger partial charge in [-0.1, -0.05) is 28.9 Å². The van der Waals surface area contributed by atoms with Crippen molar-refractivity contribution >= 4 is 29.0 Å². The fourth-order valence-corrected chi connectivity index (χ4v) is 1.89. The highest BCUT2D eigenvalue weighted by Crippen LogP contribution is 2.14. The van der Waals surface area contributed by atoms with E-state index in [4.69, 9.17) is 22.2 Å². The second kappa shape index (κ2) is 7.74. The minimum atomic E-state index is -1.07. The molecule has 1 unspecified atom stereocenters. The number of hydrogen-bond donors (Lipinski definition) is 2. The number of rotatable bonds is 5. The number of halogens is 3. The molecule has 0 heterocycles. The van der Waals surface area contributed by atoms with E-state index in [2.05, 4.69) is 10.5 Å². The second-order valence-corrected chi connectivity index (χ2v) is 5.29. The van der Waals surface area contributed by atoms with Crippen LogP contribution in [0.2, 0.25) is 5.02 Å². The Morgan fingerprint density at radius 3 is 2.67 bits per heavy atom. The first-order chi connectivity index (χ1) is 11.4. The Morgan fingerprint density at radius 1 is 1.25 bits per heavy atom. The third-order valence-electron chi connectivity index (χ3n) is 2.99. The lowest BCUT2D eigenvalue weighted by Crippen LogP contribution is -2.27. The summed E-state index contributed by atoms with van der Waals surface area (Å²) in [6, 6.07) is 9.65. The lowest BCUT2D eigenvalue weighted by molar-refractivity contribution is -0.126. The van der Waals surface area contributed by atoms with Gasteiger partial charge in [-0.2, -0.15) is 0 Å². The number of nitrogens with two attached hydrogens (primary N) is 1. The smallest absolute Gasteiger partial charge is 0.267 e. The van der Waals surface area contributed by atoms with Gasteiger partial charge in [-0.3, -0.25) is 4.79 Å². The number of amidine groups is 1. The van der Waals surface area contributed by atoms with Gasteiger partial charge in [0, 0.05) is 22.3 Å². The molecule has 0 radical (unpaired) electrons. The average Bonchev–Trinajstić information content (AvgIpc) is 2.55. The summed E-state index contributed by atoms with van der Waals surface area (Å²) in [5.41, 5.74) is 6.38. The summed E-state index contributed by atoms with van der Waals surface area (Å²) < 4.78 is 25.9. The molecule has 1 amide bonds. The maximum Gasteiger partial charge on any atom is 0.267 e. The zero-order chi connectivity index (χ0) is 17.7. The van der Waals surface area contributed by atoms with Crippen LogP contribution in [0.5, 0.6) is 0 Å². The maximum absolute atomic E-state index is 13.1. The summed E-state index contributed by atoms with van der Waals surface area (Å²) in [6.07, 6.45) is -1.00. The first kappa shape index (κ1) is 17.7. The lowest BCUT2D eigenvalue weighted by atomic mass is 10.2. The molecule has 0 spiro atoms. The van der Waals surface area contributed by atoms with Crippen molar-refractivity contribution in [1.82, 2.24) is 0 Å². The standard InChI is InChI=1S/C16H14ClF2N3O2/c1-9(16(23)21-12-5-6-13(18)14(19)8-12)24-22-15(20)10-3-2-4-11(17)7-10/h2-9H,1H3,(H2,20,22)(H,21,23). The van der Waals surface area contributed by atoms with Crippen LogP contribution in [0.15, 0.2) is 47.6 Å². The number of oxime groups is 1. The molecule has 2 aromatic rings. The van der Waals surface area contributed by atoms with Crippen LogP contribution < -0.4 is 11.1 Å². The normalized spacial score (nSPS) is 12.6. The maximum atomic E-state index is 13.1. The largest absolute Gasteiger partial charge is 0.381 e. The summed E-state index contributed by atoms with van der Waals surface area (Å²) in [5.74, 6) is -2.62. The molecule has 0 saturated heterocycles. The Hall–Kier alpha value is -2.67. The molecule has 0 bridgehead atoms. The van der Waals surface area contributed by atoms with E-state index in [9.17, 15) is 13.6 Å². The van der Waals surface area contributed by atoms with Crippen molar-refractivity contribution in [2.24, 2.45) is 10.9 Å². The first-order valence-electron chi connectivity index (χ1n) is 6.88. The van der Waals surface area contributed by atoms with Gasteiger partial charge in [-0.05, 0) is 31.2 Å². The van der Waals surface area contributed by atoms with Crippen molar-refractivity contribution in [3.8, 4) is 0 Å². The molecule has 0 aliphatic carbocycles. The van der Waals surface area contributed by atoms with Crippen molar-refractivity contribution < 1.29 is 18.4 Å². The highest BCUT2D eigenvalue weighted by Gasteiger charge is 2.15. The van der Waals surface area contributed by atoms with E-state index < -0.39 is 23.6 Å². The summed E-state index contributed by atoms with van der Waals surface area (Å²) >= 11 is 5.84. The molecule has 0 fully saturated rings. The molecule has 24 heavy (non-hydrogen) atoms. The quantitative estimate of drug-likeness (QED) is 0.492. The molecule has 126 valence electrons. The van der Waals surface area contributed by atoms with Crippen LogP contribution in [0.25, 0.3) is 0 Å². The average molecular weight is 354 g/mol. The van der Waals surface area contributed by atoms with Crippen molar-refractivity contribution in [2.45, 2.75) is 13.0 Å². The zero-order valence-electron chi connectivity index (χ0n) is 12.6. The summed E-state index contributed by atoms with van der Waals surface area (Å²) in [4.78, 5) is 17.0. The third-order valence-corrected chi connectivity index (χ3v) is 3.22. The monoisotopic (exact) mass is 353 g/mol. The van der Waals surface area contributed by atoms with E-state index in [1.165, 1.54) is 13.0 Å². The molecule has 2 aromatic carbocycles. The van der Waals surface area contributed by atoms with E-state index in [0.717, 1.165) is 12.1 Å². The Balaban J connectivity index is 1.98. The van der Waals surface area contributed by atoms with Gasteiger partial charge in [-0.15, -0.1) is 0 Å². The number of benzene rings is 2. The molecule has 8 heteroatoms. The van der Waals surface area contributed by atoms with Crippen molar-refractivity contribution in [2.75, 3.05) is 5.32 Å². The van der Waals surface area contributed by atoms with Crippen LogP contribution in [0.3, 0.4) is 0 Å². The lowest BCUT2D eigenvalue weighted by Gasteiger charge is -2.11. The van der Waals surface area contributed by atoms with Gasteiger partial charge < -0.3 is 15.9 Å².